The van der Waals surface area contributed by atoms with Crippen LogP contribution in [0.3, 0.4) is 0 Å². The predicted molar refractivity (Wildman–Crippen MR) is 108 cm³/mol. The van der Waals surface area contributed by atoms with Crippen LogP contribution in [-0.4, -0.2) is 69.2 Å². The molecule has 0 aromatic heterocycles. The smallest absolute Gasteiger partial charge is 0.253 e. The van der Waals surface area contributed by atoms with Gasteiger partial charge in [-0.05, 0) is 50.3 Å². The van der Waals surface area contributed by atoms with Gasteiger partial charge >= 0.3 is 0 Å². The lowest BCUT2D eigenvalue weighted by atomic mass is 9.95. The van der Waals surface area contributed by atoms with Gasteiger partial charge in [-0.25, -0.2) is 8.42 Å². The average molecular weight is 423 g/mol. The summed E-state index contributed by atoms with van der Waals surface area (Å²) in [5.41, 5.74) is 1.12. The van der Waals surface area contributed by atoms with E-state index in [1.807, 2.05) is 4.90 Å². The minimum atomic E-state index is -3.57. The van der Waals surface area contributed by atoms with Gasteiger partial charge in [0.1, 0.15) is 0 Å². The molecule has 3 saturated heterocycles. The summed E-state index contributed by atoms with van der Waals surface area (Å²) in [7, 11) is -3.57. The van der Waals surface area contributed by atoms with E-state index in [0.29, 0.717) is 56.4 Å². The van der Waals surface area contributed by atoms with Crippen LogP contribution in [0.4, 0.5) is 0 Å². The summed E-state index contributed by atoms with van der Waals surface area (Å²) >= 11 is 0. The number of rotatable bonds is 4. The number of likely N-dealkylation sites (tertiary alicyclic amines) is 1. The molecule has 3 fully saturated rings. The van der Waals surface area contributed by atoms with E-state index in [4.69, 9.17) is 9.47 Å². The second-order valence-electron chi connectivity index (χ2n) is 8.18. The number of sulfonamides is 1. The fourth-order valence-corrected chi connectivity index (χ4v) is 6.23. The van der Waals surface area contributed by atoms with Crippen molar-refractivity contribution in [2.45, 2.75) is 50.2 Å². The third-order valence-corrected chi connectivity index (χ3v) is 8.27. The summed E-state index contributed by atoms with van der Waals surface area (Å²) in [5, 5.41) is 0. The summed E-state index contributed by atoms with van der Waals surface area (Å²) in [6.45, 7) is 5.45. The normalized spacial score (nSPS) is 22.9. The lowest BCUT2D eigenvalue weighted by Gasteiger charge is -2.34. The molecule has 1 amide bonds. The molecule has 0 spiro atoms. The van der Waals surface area contributed by atoms with Crippen LogP contribution < -0.4 is 0 Å². The predicted octanol–water partition coefficient (Wildman–Crippen LogP) is 2.39. The fourth-order valence-electron chi connectivity index (χ4n) is 4.46. The van der Waals surface area contributed by atoms with Gasteiger partial charge in [0.25, 0.3) is 5.91 Å². The zero-order valence-electron chi connectivity index (χ0n) is 17.0. The largest absolute Gasteiger partial charge is 0.350 e. The topological polar surface area (TPSA) is 76.1 Å². The average Bonchev–Trinajstić information content (AvgIpc) is 3.29. The van der Waals surface area contributed by atoms with Gasteiger partial charge in [0.2, 0.25) is 10.0 Å². The highest BCUT2D eigenvalue weighted by molar-refractivity contribution is 7.89. The van der Waals surface area contributed by atoms with Crippen molar-refractivity contribution in [1.29, 1.82) is 0 Å². The highest BCUT2D eigenvalue weighted by Crippen LogP contribution is 2.28. The molecule has 29 heavy (non-hydrogen) atoms. The molecular weight excluding hydrogens is 392 g/mol. The monoisotopic (exact) mass is 422 g/mol. The summed E-state index contributed by atoms with van der Waals surface area (Å²) < 4.78 is 39.0. The molecule has 0 radical (unpaired) electrons. The second-order valence-corrected chi connectivity index (χ2v) is 10.1. The van der Waals surface area contributed by atoms with E-state index in [2.05, 4.69) is 0 Å². The van der Waals surface area contributed by atoms with Gasteiger partial charge in [-0.1, -0.05) is 12.5 Å². The van der Waals surface area contributed by atoms with Crippen LogP contribution >= 0.6 is 0 Å². The fraction of sp³-hybridized carbons (Fsp3) is 0.667. The van der Waals surface area contributed by atoms with Crippen molar-refractivity contribution in [3.63, 3.8) is 0 Å². The quantitative estimate of drug-likeness (QED) is 0.745. The molecular formula is C21H30N2O5S. The third-order valence-electron chi connectivity index (χ3n) is 6.23. The molecule has 1 aromatic carbocycles. The Kier molecular flexibility index (Phi) is 6.24. The van der Waals surface area contributed by atoms with Crippen molar-refractivity contribution in [3.8, 4) is 0 Å². The molecule has 160 valence electrons. The maximum absolute atomic E-state index is 13.1. The number of carbonyl (C=O) groups excluding carboxylic acids is 1. The molecule has 0 unspecified atom stereocenters. The zero-order valence-corrected chi connectivity index (χ0v) is 17.8. The van der Waals surface area contributed by atoms with E-state index < -0.39 is 10.0 Å². The van der Waals surface area contributed by atoms with Crippen LogP contribution in [0, 0.1) is 12.8 Å². The minimum Gasteiger partial charge on any atom is -0.350 e. The molecule has 1 aromatic rings. The maximum atomic E-state index is 13.1. The number of piperidine rings is 2. The number of amides is 1. The first kappa shape index (κ1) is 20.8. The van der Waals surface area contributed by atoms with E-state index in [-0.39, 0.29) is 17.1 Å². The Morgan fingerprint density at radius 1 is 1.00 bits per heavy atom. The van der Waals surface area contributed by atoms with Crippen LogP contribution in [0.5, 0.6) is 0 Å². The van der Waals surface area contributed by atoms with E-state index in [1.165, 1.54) is 0 Å². The van der Waals surface area contributed by atoms with Gasteiger partial charge in [-0.2, -0.15) is 4.31 Å². The molecule has 0 saturated carbocycles. The first-order chi connectivity index (χ1) is 14.0. The van der Waals surface area contributed by atoms with Crippen LogP contribution in [-0.2, 0) is 19.5 Å². The summed E-state index contributed by atoms with van der Waals surface area (Å²) in [5.74, 6) is 0.210. The van der Waals surface area contributed by atoms with Gasteiger partial charge < -0.3 is 14.4 Å². The van der Waals surface area contributed by atoms with Gasteiger partial charge in [0.05, 0.1) is 18.1 Å². The van der Waals surface area contributed by atoms with Crippen LogP contribution in [0.1, 0.15) is 48.0 Å². The van der Waals surface area contributed by atoms with Gasteiger partial charge in [-0.3, -0.25) is 4.79 Å². The molecule has 3 aliphatic rings. The Morgan fingerprint density at radius 2 is 1.66 bits per heavy atom. The lowest BCUT2D eigenvalue weighted by Crippen LogP contribution is -2.41. The summed E-state index contributed by atoms with van der Waals surface area (Å²) in [6, 6.07) is 5.05. The molecule has 3 aliphatic heterocycles. The van der Waals surface area contributed by atoms with Crippen molar-refractivity contribution in [2.75, 3.05) is 39.4 Å². The molecule has 0 aliphatic carbocycles. The van der Waals surface area contributed by atoms with Crippen LogP contribution in [0.15, 0.2) is 23.1 Å². The molecule has 0 atom stereocenters. The van der Waals surface area contributed by atoms with E-state index in [1.54, 1.807) is 29.4 Å². The number of ether oxygens (including phenoxy) is 2. The van der Waals surface area contributed by atoms with E-state index in [0.717, 1.165) is 32.1 Å². The number of nitrogens with zero attached hydrogens (tertiary/aromatic N) is 2. The Morgan fingerprint density at radius 3 is 2.31 bits per heavy atom. The first-order valence-corrected chi connectivity index (χ1v) is 12.0. The van der Waals surface area contributed by atoms with Crippen molar-refractivity contribution in [3.05, 3.63) is 29.3 Å². The Hall–Kier alpha value is -1.48. The molecule has 0 N–H and O–H groups in total. The summed E-state index contributed by atoms with van der Waals surface area (Å²) in [4.78, 5) is 15.1. The van der Waals surface area contributed by atoms with Crippen molar-refractivity contribution in [2.24, 2.45) is 5.92 Å². The molecule has 0 bridgehead atoms. The van der Waals surface area contributed by atoms with Crippen LogP contribution in [0.2, 0.25) is 0 Å². The summed E-state index contributed by atoms with van der Waals surface area (Å²) in [6.07, 6.45) is 4.37. The lowest BCUT2D eigenvalue weighted by molar-refractivity contribution is -0.0956. The third kappa shape index (κ3) is 4.35. The van der Waals surface area contributed by atoms with E-state index in [9.17, 15) is 13.2 Å². The molecule has 4 rings (SSSR count). The van der Waals surface area contributed by atoms with Crippen molar-refractivity contribution in [1.82, 2.24) is 9.21 Å². The zero-order chi connectivity index (χ0) is 20.4. The number of hydrogen-bond donors (Lipinski definition) is 0. The standard InChI is InChI=1S/C21H30N2O5S/c1-16-5-6-18(15-19(16)29(25,26)23-9-3-2-4-10-23)20(24)22-11-7-17(8-12-22)21-27-13-14-28-21/h5-6,15,17,21H,2-4,7-14H2,1H3. The molecule has 7 nitrogen and oxygen atoms in total. The van der Waals surface area contributed by atoms with Crippen LogP contribution in [0.25, 0.3) is 0 Å². The van der Waals surface area contributed by atoms with Gasteiger partial charge in [0, 0.05) is 37.7 Å². The number of aryl methyl sites for hydroxylation is 1. The minimum absolute atomic E-state index is 0.105. The highest BCUT2D eigenvalue weighted by Gasteiger charge is 2.33. The van der Waals surface area contributed by atoms with Gasteiger partial charge in [-0.15, -0.1) is 0 Å². The molecule has 3 heterocycles. The van der Waals surface area contributed by atoms with Crippen molar-refractivity contribution >= 4 is 15.9 Å². The van der Waals surface area contributed by atoms with Crippen molar-refractivity contribution < 1.29 is 22.7 Å². The number of carbonyl (C=O) groups is 1. The SMILES string of the molecule is Cc1ccc(C(=O)N2CCC(C3OCCO3)CC2)cc1S(=O)(=O)N1CCCCC1. The Bertz CT molecular complexity index is 837. The Balaban J connectivity index is 1.47. The van der Waals surface area contributed by atoms with E-state index >= 15 is 0 Å². The highest BCUT2D eigenvalue weighted by atomic mass is 32.2. The Labute approximate surface area is 173 Å². The second kappa shape index (κ2) is 8.71. The molecule has 8 heteroatoms. The number of benzene rings is 1. The first-order valence-electron chi connectivity index (χ1n) is 10.6. The maximum Gasteiger partial charge on any atom is 0.253 e. The number of hydrogen-bond acceptors (Lipinski definition) is 5. The van der Waals surface area contributed by atoms with Gasteiger partial charge in [0.15, 0.2) is 6.29 Å².